The molecule has 1 atom stereocenters. The predicted octanol–water partition coefficient (Wildman–Crippen LogP) is 1.55. The van der Waals surface area contributed by atoms with Gasteiger partial charge in [-0.1, -0.05) is 0 Å². The summed E-state index contributed by atoms with van der Waals surface area (Å²) in [6.07, 6.45) is 1.15. The molecule has 0 radical (unpaired) electrons. The number of aromatic nitrogens is 1. The molecule has 1 aromatic rings. The van der Waals surface area contributed by atoms with Crippen LogP contribution in [0.3, 0.4) is 0 Å². The molecule has 2 saturated heterocycles. The number of alkyl halides is 2. The van der Waals surface area contributed by atoms with E-state index in [1.807, 2.05) is 6.92 Å². The molecule has 1 amide bonds. The van der Waals surface area contributed by atoms with E-state index in [9.17, 15) is 13.6 Å². The fourth-order valence-corrected chi connectivity index (χ4v) is 3.21. The summed E-state index contributed by atoms with van der Waals surface area (Å²) in [5.74, 6) is -2.47. The van der Waals surface area contributed by atoms with E-state index in [4.69, 9.17) is 9.15 Å². The van der Waals surface area contributed by atoms with Crippen molar-refractivity contribution in [1.29, 1.82) is 0 Å². The zero-order valence-electron chi connectivity index (χ0n) is 13.3. The molecule has 0 unspecified atom stereocenters. The van der Waals surface area contributed by atoms with Crippen LogP contribution < -0.4 is 0 Å². The second kappa shape index (κ2) is 6.16. The summed E-state index contributed by atoms with van der Waals surface area (Å²) >= 11 is 0. The Labute approximate surface area is 133 Å². The topological polar surface area (TPSA) is 58.8 Å². The predicted molar refractivity (Wildman–Crippen MR) is 77.5 cm³/mol. The molecule has 2 aliphatic rings. The van der Waals surface area contributed by atoms with Gasteiger partial charge >= 0.3 is 0 Å². The van der Waals surface area contributed by atoms with E-state index < -0.39 is 5.92 Å². The van der Waals surface area contributed by atoms with Gasteiger partial charge in [-0.2, -0.15) is 0 Å². The first-order valence-corrected chi connectivity index (χ1v) is 7.82. The molecule has 0 aliphatic carbocycles. The minimum atomic E-state index is -2.69. The van der Waals surface area contributed by atoms with Gasteiger partial charge in [0.25, 0.3) is 11.8 Å². The Hall–Kier alpha value is -1.54. The van der Waals surface area contributed by atoms with E-state index in [0.29, 0.717) is 32.2 Å². The summed E-state index contributed by atoms with van der Waals surface area (Å²) < 4.78 is 37.8. The number of amides is 1. The molecular weight excluding hydrogens is 308 g/mol. The van der Waals surface area contributed by atoms with Crippen molar-refractivity contribution in [3.05, 3.63) is 17.8 Å². The number of nitrogens with zero attached hydrogens (tertiary/aromatic N) is 3. The van der Waals surface area contributed by atoms with Gasteiger partial charge in [-0.15, -0.1) is 0 Å². The number of hydrogen-bond acceptors (Lipinski definition) is 5. The molecule has 0 bridgehead atoms. The number of carbonyl (C=O) groups is 1. The van der Waals surface area contributed by atoms with Crippen molar-refractivity contribution in [2.24, 2.45) is 0 Å². The van der Waals surface area contributed by atoms with Crippen molar-refractivity contribution in [2.45, 2.75) is 38.3 Å². The monoisotopic (exact) mass is 329 g/mol. The van der Waals surface area contributed by atoms with Gasteiger partial charge in [0.15, 0.2) is 11.6 Å². The van der Waals surface area contributed by atoms with Crippen LogP contribution in [-0.4, -0.2) is 71.5 Å². The normalized spacial score (nSPS) is 24.9. The summed E-state index contributed by atoms with van der Waals surface area (Å²) in [4.78, 5) is 19.6. The van der Waals surface area contributed by atoms with Crippen molar-refractivity contribution in [1.82, 2.24) is 14.8 Å². The quantitative estimate of drug-likeness (QED) is 0.820. The van der Waals surface area contributed by atoms with E-state index in [1.54, 1.807) is 16.7 Å². The van der Waals surface area contributed by atoms with Gasteiger partial charge in [0.05, 0.1) is 13.2 Å². The van der Waals surface area contributed by atoms with Gasteiger partial charge in [0.2, 0.25) is 0 Å². The molecule has 0 spiro atoms. The zero-order chi connectivity index (χ0) is 16.6. The van der Waals surface area contributed by atoms with Crippen LogP contribution >= 0.6 is 0 Å². The van der Waals surface area contributed by atoms with Gasteiger partial charge < -0.3 is 14.1 Å². The maximum absolute atomic E-state index is 13.7. The molecule has 1 aromatic heterocycles. The number of likely N-dealkylation sites (tertiary alicyclic amines) is 2. The van der Waals surface area contributed by atoms with Crippen molar-refractivity contribution >= 4 is 5.91 Å². The Kier molecular flexibility index (Phi) is 4.37. The highest BCUT2D eigenvalue weighted by molar-refractivity contribution is 5.92. The molecule has 128 valence electrons. The fourth-order valence-electron chi connectivity index (χ4n) is 3.21. The highest BCUT2D eigenvalue weighted by atomic mass is 19.3. The Morgan fingerprint density at radius 2 is 2.26 bits per heavy atom. The number of ether oxygens (including phenoxy) is 1. The second-order valence-corrected chi connectivity index (χ2v) is 6.16. The molecule has 6 nitrogen and oxygen atoms in total. The maximum Gasteiger partial charge on any atom is 0.275 e. The molecule has 2 aliphatic heterocycles. The Morgan fingerprint density at radius 3 is 2.87 bits per heavy atom. The Bertz CT molecular complexity index is 572. The first-order valence-electron chi connectivity index (χ1n) is 7.82. The third-order valence-electron chi connectivity index (χ3n) is 4.39. The van der Waals surface area contributed by atoms with Gasteiger partial charge in [-0.3, -0.25) is 9.69 Å². The molecule has 0 saturated carbocycles. The third-order valence-corrected chi connectivity index (χ3v) is 4.39. The first kappa shape index (κ1) is 16.3. The molecule has 2 fully saturated rings. The van der Waals surface area contributed by atoms with Crippen LogP contribution in [0.5, 0.6) is 0 Å². The van der Waals surface area contributed by atoms with Crippen LogP contribution in [0.15, 0.2) is 10.7 Å². The smallest absolute Gasteiger partial charge is 0.275 e. The van der Waals surface area contributed by atoms with Crippen LogP contribution in [0.1, 0.15) is 29.7 Å². The van der Waals surface area contributed by atoms with E-state index >= 15 is 0 Å². The van der Waals surface area contributed by atoms with Gasteiger partial charge in [-0.05, 0) is 6.92 Å². The largest absolute Gasteiger partial charge is 0.448 e. The molecule has 3 heterocycles. The fraction of sp³-hybridized carbons (Fsp3) is 0.733. The number of hydrogen-bond donors (Lipinski definition) is 0. The Morgan fingerprint density at radius 1 is 1.52 bits per heavy atom. The van der Waals surface area contributed by atoms with Crippen LogP contribution in [-0.2, 0) is 4.74 Å². The molecule has 8 heteroatoms. The lowest BCUT2D eigenvalue weighted by Gasteiger charge is -2.45. The second-order valence-electron chi connectivity index (χ2n) is 6.16. The van der Waals surface area contributed by atoms with Crippen LogP contribution in [0.4, 0.5) is 8.78 Å². The summed E-state index contributed by atoms with van der Waals surface area (Å²) in [7, 11) is 0. The Balaban J connectivity index is 1.58. The average Bonchev–Trinajstić information content (AvgIpc) is 2.98. The summed E-state index contributed by atoms with van der Waals surface area (Å²) in [5.41, 5.74) is 0.263. The zero-order valence-corrected chi connectivity index (χ0v) is 13.3. The minimum absolute atomic E-state index is 0.0502. The number of halogens is 2. The first-order chi connectivity index (χ1) is 10.9. The van der Waals surface area contributed by atoms with Crippen LogP contribution in [0.2, 0.25) is 0 Å². The van der Waals surface area contributed by atoms with E-state index in [1.165, 1.54) is 6.26 Å². The van der Waals surface area contributed by atoms with Crippen molar-refractivity contribution in [2.75, 3.05) is 32.8 Å². The maximum atomic E-state index is 13.7. The van der Waals surface area contributed by atoms with Crippen molar-refractivity contribution < 1.29 is 22.7 Å². The lowest BCUT2D eigenvalue weighted by atomic mass is 10.1. The number of oxazole rings is 1. The standard InChI is InChI=1S/C15H21F2N3O3/c1-3-22-7-11-4-15(16,17)9-20(11)12-5-19(6-12)14(21)13-8-23-10(2)18-13/h8,11-12H,3-7,9H2,1-2H3/t11-/m0/s1. The average molecular weight is 329 g/mol. The van der Waals surface area contributed by atoms with Crippen LogP contribution in [0.25, 0.3) is 0 Å². The van der Waals surface area contributed by atoms with E-state index in [0.717, 1.165) is 0 Å². The summed E-state index contributed by atoms with van der Waals surface area (Å²) in [6, 6.07) is -0.340. The summed E-state index contributed by atoms with van der Waals surface area (Å²) in [5, 5.41) is 0. The van der Waals surface area contributed by atoms with E-state index in [2.05, 4.69) is 4.98 Å². The molecular formula is C15H21F2N3O3. The van der Waals surface area contributed by atoms with Crippen LogP contribution in [0, 0.1) is 6.92 Å². The van der Waals surface area contributed by atoms with Gasteiger partial charge in [0, 0.05) is 45.1 Å². The van der Waals surface area contributed by atoms with Crippen molar-refractivity contribution in [3.8, 4) is 0 Å². The highest BCUT2D eigenvalue weighted by Crippen LogP contribution is 2.35. The molecule has 23 heavy (non-hydrogen) atoms. The molecule has 0 N–H and O–H groups in total. The SMILES string of the molecule is CCOC[C@@H]1CC(F)(F)CN1C1CN(C(=O)c2coc(C)n2)C1. The number of aryl methyl sites for hydroxylation is 1. The van der Waals surface area contributed by atoms with E-state index in [-0.39, 0.29) is 36.7 Å². The molecule has 0 aromatic carbocycles. The number of carbonyl (C=O) groups excluding carboxylic acids is 1. The van der Waals surface area contributed by atoms with Gasteiger partial charge in [-0.25, -0.2) is 13.8 Å². The highest BCUT2D eigenvalue weighted by Gasteiger charge is 2.50. The number of rotatable bonds is 5. The molecule has 3 rings (SSSR count). The summed E-state index contributed by atoms with van der Waals surface area (Å²) in [6.45, 7) is 4.94. The minimum Gasteiger partial charge on any atom is -0.448 e. The lowest BCUT2D eigenvalue weighted by Crippen LogP contribution is -2.62. The third kappa shape index (κ3) is 3.37. The van der Waals surface area contributed by atoms with Crippen molar-refractivity contribution in [3.63, 3.8) is 0 Å². The lowest BCUT2D eigenvalue weighted by molar-refractivity contribution is -0.0150. The van der Waals surface area contributed by atoms with Gasteiger partial charge in [0.1, 0.15) is 6.26 Å².